The van der Waals surface area contributed by atoms with Crippen LogP contribution in [0.1, 0.15) is 24.1 Å². The summed E-state index contributed by atoms with van der Waals surface area (Å²) in [4.78, 5) is 26.1. The zero-order valence-corrected chi connectivity index (χ0v) is 17.2. The third-order valence-corrected chi connectivity index (χ3v) is 5.74. The first-order valence-electron chi connectivity index (χ1n) is 10.3. The number of hydrogen-bond donors (Lipinski definition) is 1. The van der Waals surface area contributed by atoms with Crippen LogP contribution in [0.25, 0.3) is 0 Å². The second kappa shape index (κ2) is 8.78. The van der Waals surface area contributed by atoms with E-state index in [0.29, 0.717) is 19.5 Å². The van der Waals surface area contributed by atoms with E-state index in [1.807, 2.05) is 18.2 Å². The van der Waals surface area contributed by atoms with Gasteiger partial charge in [0.15, 0.2) is 0 Å². The van der Waals surface area contributed by atoms with Crippen molar-refractivity contribution >= 4 is 11.7 Å². The number of carbonyl (C=O) groups is 1. The number of nitrogens with one attached hydrogen (secondary N) is 1. The standard InChI is InChI=1S/C22H29N5O2/c1-26-8-4-6-18(15-26)25-22(28)17-13-27(14-17)21-12-23-11-19(24-21)9-16-5-3-7-20(10-16)29-2/h3,5,7,10-12,17-18H,4,6,8-9,13-15H2,1-2H3,(H,25,28). The summed E-state index contributed by atoms with van der Waals surface area (Å²) in [5.74, 6) is 1.88. The molecule has 154 valence electrons. The molecule has 2 aliphatic rings. The van der Waals surface area contributed by atoms with Crippen molar-refractivity contribution in [3.63, 3.8) is 0 Å². The Labute approximate surface area is 172 Å². The van der Waals surface area contributed by atoms with Gasteiger partial charge in [-0.05, 0) is 44.1 Å². The molecule has 7 nitrogen and oxygen atoms in total. The number of likely N-dealkylation sites (N-methyl/N-ethyl adjacent to an activating group) is 1. The number of piperidine rings is 1. The number of ether oxygens (including phenoxy) is 1. The van der Waals surface area contributed by atoms with E-state index < -0.39 is 0 Å². The highest BCUT2D eigenvalue weighted by Crippen LogP contribution is 2.24. The van der Waals surface area contributed by atoms with E-state index in [1.54, 1.807) is 19.5 Å². The number of aromatic nitrogens is 2. The first-order valence-corrected chi connectivity index (χ1v) is 10.3. The molecule has 29 heavy (non-hydrogen) atoms. The Bertz CT molecular complexity index is 853. The average Bonchev–Trinajstić information content (AvgIpc) is 2.67. The number of methoxy groups -OCH3 is 1. The maximum absolute atomic E-state index is 12.5. The van der Waals surface area contributed by atoms with Crippen molar-refractivity contribution in [2.24, 2.45) is 5.92 Å². The molecule has 1 amide bonds. The fourth-order valence-corrected chi connectivity index (χ4v) is 4.06. The maximum atomic E-state index is 12.5. The Morgan fingerprint density at radius 2 is 2.14 bits per heavy atom. The quantitative estimate of drug-likeness (QED) is 0.803. The molecule has 2 fully saturated rings. The molecule has 0 radical (unpaired) electrons. The molecule has 4 rings (SSSR count). The number of likely N-dealkylation sites (tertiary alicyclic amines) is 1. The van der Waals surface area contributed by atoms with Gasteiger partial charge in [0, 0.05) is 38.3 Å². The molecule has 1 atom stereocenters. The lowest BCUT2D eigenvalue weighted by molar-refractivity contribution is -0.126. The second-order valence-electron chi connectivity index (χ2n) is 8.11. The summed E-state index contributed by atoms with van der Waals surface area (Å²) >= 11 is 0. The molecular formula is C22H29N5O2. The van der Waals surface area contributed by atoms with Crippen LogP contribution in [0.5, 0.6) is 5.75 Å². The molecule has 0 aliphatic carbocycles. The van der Waals surface area contributed by atoms with Crippen LogP contribution in [0.15, 0.2) is 36.7 Å². The minimum atomic E-state index is 0.0334. The van der Waals surface area contributed by atoms with Gasteiger partial charge in [-0.2, -0.15) is 0 Å². The molecule has 0 spiro atoms. The summed E-state index contributed by atoms with van der Waals surface area (Å²) in [7, 11) is 3.78. The second-order valence-corrected chi connectivity index (χ2v) is 8.11. The van der Waals surface area contributed by atoms with Gasteiger partial charge < -0.3 is 19.9 Å². The van der Waals surface area contributed by atoms with E-state index in [-0.39, 0.29) is 17.9 Å². The number of carbonyl (C=O) groups excluding carboxylic acids is 1. The van der Waals surface area contributed by atoms with E-state index >= 15 is 0 Å². The number of hydrogen-bond acceptors (Lipinski definition) is 6. The molecule has 2 aromatic rings. The highest BCUT2D eigenvalue weighted by Gasteiger charge is 2.35. The number of nitrogens with zero attached hydrogens (tertiary/aromatic N) is 4. The van der Waals surface area contributed by atoms with Gasteiger partial charge in [-0.1, -0.05) is 12.1 Å². The smallest absolute Gasteiger partial charge is 0.226 e. The van der Waals surface area contributed by atoms with Crippen LogP contribution in [0, 0.1) is 5.92 Å². The zero-order valence-electron chi connectivity index (χ0n) is 17.2. The summed E-state index contributed by atoms with van der Waals surface area (Å²) in [5, 5.41) is 3.22. The van der Waals surface area contributed by atoms with Crippen LogP contribution >= 0.6 is 0 Å². The first-order chi connectivity index (χ1) is 14.1. The molecule has 1 aromatic heterocycles. The maximum Gasteiger partial charge on any atom is 0.226 e. The van der Waals surface area contributed by atoms with Crippen LogP contribution in [0.4, 0.5) is 5.82 Å². The third kappa shape index (κ3) is 4.85. The Kier molecular flexibility index (Phi) is 5.94. The topological polar surface area (TPSA) is 70.6 Å². The predicted octanol–water partition coefficient (Wildman–Crippen LogP) is 1.72. The summed E-state index contributed by atoms with van der Waals surface area (Å²) in [6, 6.07) is 8.27. The average molecular weight is 396 g/mol. The summed E-state index contributed by atoms with van der Waals surface area (Å²) in [5.41, 5.74) is 2.04. The number of benzene rings is 1. The van der Waals surface area contributed by atoms with Crippen LogP contribution in [0.2, 0.25) is 0 Å². The number of anilines is 1. The fraction of sp³-hybridized carbons (Fsp3) is 0.500. The monoisotopic (exact) mass is 395 g/mol. The lowest BCUT2D eigenvalue weighted by atomic mass is 9.97. The normalized spacial score (nSPS) is 20.2. The Balaban J connectivity index is 1.31. The van der Waals surface area contributed by atoms with Crippen molar-refractivity contribution in [2.45, 2.75) is 25.3 Å². The van der Waals surface area contributed by atoms with Gasteiger partial charge in [0.2, 0.25) is 5.91 Å². The lowest BCUT2D eigenvalue weighted by Gasteiger charge is -2.40. The minimum absolute atomic E-state index is 0.0334. The molecule has 1 aromatic carbocycles. The molecule has 1 unspecified atom stereocenters. The van der Waals surface area contributed by atoms with E-state index in [0.717, 1.165) is 48.8 Å². The highest BCUT2D eigenvalue weighted by atomic mass is 16.5. The van der Waals surface area contributed by atoms with Gasteiger partial charge in [0.05, 0.1) is 24.9 Å². The van der Waals surface area contributed by atoms with Gasteiger partial charge in [-0.15, -0.1) is 0 Å². The Hall–Kier alpha value is -2.67. The SMILES string of the molecule is COc1cccc(Cc2cncc(N3CC(C(=O)NC4CCCN(C)C4)C3)n2)c1. The highest BCUT2D eigenvalue weighted by molar-refractivity contribution is 5.82. The predicted molar refractivity (Wildman–Crippen MR) is 112 cm³/mol. The molecular weight excluding hydrogens is 366 g/mol. The van der Waals surface area contributed by atoms with Crippen molar-refractivity contribution in [2.75, 3.05) is 45.2 Å². The first kappa shape index (κ1) is 19.6. The minimum Gasteiger partial charge on any atom is -0.497 e. The molecule has 2 aliphatic heterocycles. The van der Waals surface area contributed by atoms with E-state index in [9.17, 15) is 4.79 Å². The Morgan fingerprint density at radius 3 is 2.93 bits per heavy atom. The molecule has 0 bridgehead atoms. The van der Waals surface area contributed by atoms with Crippen molar-refractivity contribution in [1.29, 1.82) is 0 Å². The van der Waals surface area contributed by atoms with Gasteiger partial charge >= 0.3 is 0 Å². The molecule has 2 saturated heterocycles. The fourth-order valence-electron chi connectivity index (χ4n) is 4.06. The van der Waals surface area contributed by atoms with Gasteiger partial charge in [-0.25, -0.2) is 4.98 Å². The largest absolute Gasteiger partial charge is 0.497 e. The lowest BCUT2D eigenvalue weighted by Crippen LogP contribution is -2.57. The molecule has 0 saturated carbocycles. The van der Waals surface area contributed by atoms with E-state index in [4.69, 9.17) is 9.72 Å². The molecule has 1 N–H and O–H groups in total. The van der Waals surface area contributed by atoms with Crippen molar-refractivity contribution in [3.05, 3.63) is 47.9 Å². The van der Waals surface area contributed by atoms with Gasteiger partial charge in [0.1, 0.15) is 11.6 Å². The summed E-state index contributed by atoms with van der Waals surface area (Å²) in [6.07, 6.45) is 6.50. The van der Waals surface area contributed by atoms with Crippen molar-refractivity contribution in [3.8, 4) is 5.75 Å². The van der Waals surface area contributed by atoms with Crippen molar-refractivity contribution < 1.29 is 9.53 Å². The van der Waals surface area contributed by atoms with Gasteiger partial charge in [-0.3, -0.25) is 9.78 Å². The third-order valence-electron chi connectivity index (χ3n) is 5.74. The van der Waals surface area contributed by atoms with E-state index in [2.05, 4.69) is 33.2 Å². The zero-order chi connectivity index (χ0) is 20.2. The van der Waals surface area contributed by atoms with Crippen LogP contribution in [-0.4, -0.2) is 67.2 Å². The number of amides is 1. The molecule has 7 heteroatoms. The van der Waals surface area contributed by atoms with Crippen molar-refractivity contribution in [1.82, 2.24) is 20.2 Å². The van der Waals surface area contributed by atoms with Crippen LogP contribution in [-0.2, 0) is 11.2 Å². The van der Waals surface area contributed by atoms with Crippen LogP contribution in [0.3, 0.4) is 0 Å². The van der Waals surface area contributed by atoms with Crippen LogP contribution < -0.4 is 15.0 Å². The van der Waals surface area contributed by atoms with Gasteiger partial charge in [0.25, 0.3) is 0 Å². The summed E-state index contributed by atoms with van der Waals surface area (Å²) in [6.45, 7) is 3.46. The summed E-state index contributed by atoms with van der Waals surface area (Å²) < 4.78 is 5.29. The Morgan fingerprint density at radius 1 is 1.28 bits per heavy atom. The molecule has 3 heterocycles. The van der Waals surface area contributed by atoms with E-state index in [1.165, 1.54) is 0 Å². The number of rotatable bonds is 6.